The molecule has 0 unspecified atom stereocenters. The zero-order valence-electron chi connectivity index (χ0n) is 12.5. The van der Waals surface area contributed by atoms with Crippen LogP contribution in [0.15, 0.2) is 12.3 Å². The van der Waals surface area contributed by atoms with Gasteiger partial charge < -0.3 is 5.32 Å². The van der Waals surface area contributed by atoms with Crippen molar-refractivity contribution in [1.82, 2.24) is 10.3 Å². The zero-order chi connectivity index (χ0) is 14.2. The highest BCUT2D eigenvalue weighted by molar-refractivity contribution is 7.12. The maximum absolute atomic E-state index is 4.53. The van der Waals surface area contributed by atoms with Crippen LogP contribution in [0.5, 0.6) is 0 Å². The van der Waals surface area contributed by atoms with E-state index in [4.69, 9.17) is 0 Å². The summed E-state index contributed by atoms with van der Waals surface area (Å²) < 4.78 is 0. The molecule has 1 aliphatic carbocycles. The second kappa shape index (κ2) is 5.58. The molecule has 0 spiro atoms. The second-order valence-corrected chi connectivity index (χ2v) is 8.84. The molecule has 2 nitrogen and oxygen atoms in total. The molecule has 2 heterocycles. The van der Waals surface area contributed by atoms with Gasteiger partial charge in [-0.3, -0.25) is 0 Å². The fraction of sp³-hybridized carbons (Fsp3) is 0.562. The van der Waals surface area contributed by atoms with E-state index in [0.29, 0.717) is 0 Å². The molecule has 0 fully saturated rings. The van der Waals surface area contributed by atoms with Crippen LogP contribution in [0.4, 0.5) is 0 Å². The molecule has 0 radical (unpaired) electrons. The molecule has 108 valence electrons. The summed E-state index contributed by atoms with van der Waals surface area (Å²) in [5.74, 6) is 0. The number of thiophene rings is 1. The van der Waals surface area contributed by atoms with Gasteiger partial charge in [0, 0.05) is 39.3 Å². The summed E-state index contributed by atoms with van der Waals surface area (Å²) in [4.78, 5) is 8.97. The zero-order valence-corrected chi connectivity index (χ0v) is 14.1. The predicted molar refractivity (Wildman–Crippen MR) is 87.7 cm³/mol. The number of rotatable bonds is 4. The van der Waals surface area contributed by atoms with E-state index >= 15 is 0 Å². The van der Waals surface area contributed by atoms with E-state index in [1.165, 1.54) is 34.0 Å². The lowest BCUT2D eigenvalue weighted by molar-refractivity contribution is 0.585. The number of nitrogens with one attached hydrogen (secondary N) is 1. The first-order valence-corrected chi connectivity index (χ1v) is 8.92. The summed E-state index contributed by atoms with van der Waals surface area (Å²) in [7, 11) is 0. The van der Waals surface area contributed by atoms with Crippen LogP contribution in [0.1, 0.15) is 52.4 Å². The first kappa shape index (κ1) is 14.2. The molecule has 0 amide bonds. The van der Waals surface area contributed by atoms with E-state index in [-0.39, 0.29) is 5.41 Å². The van der Waals surface area contributed by atoms with Crippen molar-refractivity contribution >= 4 is 22.7 Å². The van der Waals surface area contributed by atoms with E-state index in [1.807, 2.05) is 28.9 Å². The molecule has 0 saturated carbocycles. The van der Waals surface area contributed by atoms with Gasteiger partial charge in [0.25, 0.3) is 0 Å². The molecule has 0 saturated heterocycles. The molecule has 0 atom stereocenters. The van der Waals surface area contributed by atoms with Crippen molar-refractivity contribution in [2.75, 3.05) is 0 Å². The van der Waals surface area contributed by atoms with Gasteiger partial charge in [-0.25, -0.2) is 4.98 Å². The molecule has 1 aliphatic rings. The van der Waals surface area contributed by atoms with Gasteiger partial charge in [-0.1, -0.05) is 20.8 Å². The van der Waals surface area contributed by atoms with Crippen molar-refractivity contribution in [2.24, 2.45) is 0 Å². The maximum atomic E-state index is 4.53. The Labute approximate surface area is 129 Å². The summed E-state index contributed by atoms with van der Waals surface area (Å²) >= 11 is 3.82. The van der Waals surface area contributed by atoms with Gasteiger partial charge in [-0.2, -0.15) is 0 Å². The Morgan fingerprint density at radius 2 is 1.95 bits per heavy atom. The van der Waals surface area contributed by atoms with Crippen molar-refractivity contribution in [1.29, 1.82) is 0 Å². The Morgan fingerprint density at radius 3 is 2.65 bits per heavy atom. The summed E-state index contributed by atoms with van der Waals surface area (Å²) in [6, 6.07) is 2.40. The lowest BCUT2D eigenvalue weighted by atomic mass is 9.98. The third kappa shape index (κ3) is 3.13. The van der Waals surface area contributed by atoms with E-state index in [1.54, 1.807) is 10.4 Å². The third-order valence-electron chi connectivity index (χ3n) is 3.59. The minimum Gasteiger partial charge on any atom is -0.307 e. The Kier molecular flexibility index (Phi) is 3.98. The molecular weight excluding hydrogens is 284 g/mol. The summed E-state index contributed by atoms with van der Waals surface area (Å²) in [5.41, 5.74) is 1.76. The molecule has 0 bridgehead atoms. The van der Waals surface area contributed by atoms with Crippen LogP contribution in [-0.2, 0) is 31.3 Å². The predicted octanol–water partition coefficient (Wildman–Crippen LogP) is 4.28. The number of nitrogens with zero attached hydrogens (tertiary/aromatic N) is 1. The minimum absolute atomic E-state index is 0.164. The van der Waals surface area contributed by atoms with Crippen molar-refractivity contribution in [3.63, 3.8) is 0 Å². The minimum atomic E-state index is 0.164. The van der Waals surface area contributed by atoms with Crippen molar-refractivity contribution in [2.45, 2.75) is 58.5 Å². The third-order valence-corrected chi connectivity index (χ3v) is 6.25. The van der Waals surface area contributed by atoms with Gasteiger partial charge in [0.2, 0.25) is 0 Å². The van der Waals surface area contributed by atoms with Crippen LogP contribution in [0.3, 0.4) is 0 Å². The van der Waals surface area contributed by atoms with E-state index < -0.39 is 0 Å². The monoisotopic (exact) mass is 306 g/mol. The largest absolute Gasteiger partial charge is 0.307 e. The van der Waals surface area contributed by atoms with Gasteiger partial charge in [0.15, 0.2) is 0 Å². The van der Waals surface area contributed by atoms with Crippen molar-refractivity contribution in [3.8, 4) is 0 Å². The lowest BCUT2D eigenvalue weighted by Gasteiger charge is -2.13. The highest BCUT2D eigenvalue weighted by Gasteiger charge is 2.18. The number of fused-ring (bicyclic) bond motifs is 1. The average Bonchev–Trinajstić information content (AvgIpc) is 3.01. The van der Waals surface area contributed by atoms with Crippen LogP contribution >= 0.6 is 22.7 Å². The Morgan fingerprint density at radius 1 is 1.15 bits per heavy atom. The first-order valence-electron chi connectivity index (χ1n) is 7.29. The number of hydrogen-bond acceptors (Lipinski definition) is 4. The lowest BCUT2D eigenvalue weighted by Crippen LogP contribution is -2.11. The summed E-state index contributed by atoms with van der Waals surface area (Å²) in [5, 5.41) is 4.78. The summed E-state index contributed by atoms with van der Waals surface area (Å²) in [6.07, 6.45) is 5.96. The van der Waals surface area contributed by atoms with Crippen LogP contribution < -0.4 is 5.32 Å². The number of aryl methyl sites for hydroxylation is 2. The molecule has 0 aromatic carbocycles. The van der Waals surface area contributed by atoms with E-state index in [0.717, 1.165) is 13.1 Å². The van der Waals surface area contributed by atoms with Crippen molar-refractivity contribution in [3.05, 3.63) is 37.5 Å². The van der Waals surface area contributed by atoms with Crippen LogP contribution in [0, 0.1) is 0 Å². The standard InChI is InChI=1S/C16H22N2S2/c1-16(2,3)15-18-10-13(20-15)9-17-8-12-7-11-5-4-6-14(11)19-12/h7,10,17H,4-6,8-9H2,1-3H3. The van der Waals surface area contributed by atoms with E-state index in [2.05, 4.69) is 37.1 Å². The molecule has 4 heteroatoms. The Bertz CT molecular complexity index is 568. The molecule has 3 rings (SSSR count). The number of aromatic nitrogens is 1. The number of hydrogen-bond donors (Lipinski definition) is 1. The average molecular weight is 307 g/mol. The van der Waals surface area contributed by atoms with Crippen LogP contribution in [0.25, 0.3) is 0 Å². The van der Waals surface area contributed by atoms with Gasteiger partial charge in [-0.05, 0) is 30.9 Å². The molecular formula is C16H22N2S2. The Hall–Kier alpha value is -0.710. The molecule has 1 N–H and O–H groups in total. The molecule has 2 aromatic heterocycles. The van der Waals surface area contributed by atoms with Gasteiger partial charge >= 0.3 is 0 Å². The van der Waals surface area contributed by atoms with Crippen molar-refractivity contribution < 1.29 is 0 Å². The SMILES string of the molecule is CC(C)(C)c1ncc(CNCc2cc3c(s2)CCC3)s1. The number of thiazole rings is 1. The Balaban J connectivity index is 1.53. The molecule has 2 aromatic rings. The van der Waals surface area contributed by atoms with Gasteiger partial charge in [-0.15, -0.1) is 22.7 Å². The second-order valence-electron chi connectivity index (χ2n) is 6.50. The van der Waals surface area contributed by atoms with Gasteiger partial charge in [0.05, 0.1) is 5.01 Å². The fourth-order valence-electron chi connectivity index (χ4n) is 2.52. The topological polar surface area (TPSA) is 24.9 Å². The fourth-order valence-corrected chi connectivity index (χ4v) is 4.69. The quantitative estimate of drug-likeness (QED) is 0.912. The highest BCUT2D eigenvalue weighted by Crippen LogP contribution is 2.30. The smallest absolute Gasteiger partial charge is 0.0981 e. The molecule has 0 aliphatic heterocycles. The normalized spacial score (nSPS) is 14.8. The van der Waals surface area contributed by atoms with Crippen LogP contribution in [0.2, 0.25) is 0 Å². The highest BCUT2D eigenvalue weighted by atomic mass is 32.1. The van der Waals surface area contributed by atoms with Crippen LogP contribution in [-0.4, -0.2) is 4.98 Å². The summed E-state index contributed by atoms with van der Waals surface area (Å²) in [6.45, 7) is 8.57. The van der Waals surface area contributed by atoms with E-state index in [9.17, 15) is 0 Å². The molecule has 20 heavy (non-hydrogen) atoms. The maximum Gasteiger partial charge on any atom is 0.0981 e. The first-order chi connectivity index (χ1) is 9.52. The van der Waals surface area contributed by atoms with Gasteiger partial charge in [0.1, 0.15) is 0 Å².